The van der Waals surface area contributed by atoms with E-state index in [4.69, 9.17) is 25.8 Å². The van der Waals surface area contributed by atoms with Gasteiger partial charge in [-0.25, -0.2) is 0 Å². The van der Waals surface area contributed by atoms with Gasteiger partial charge in [0.25, 0.3) is 0 Å². The molecule has 0 aliphatic carbocycles. The van der Waals surface area contributed by atoms with E-state index in [1.807, 2.05) is 12.1 Å². The smallest absolute Gasteiger partial charge is 0.191 e. The number of rotatable bonds is 9. The molecule has 0 radical (unpaired) electrons. The van der Waals surface area contributed by atoms with E-state index in [-0.39, 0.29) is 0 Å². The van der Waals surface area contributed by atoms with Crippen molar-refractivity contribution in [3.05, 3.63) is 22.7 Å². The van der Waals surface area contributed by atoms with E-state index in [2.05, 4.69) is 27.6 Å². The number of aliphatic imine (C=N–C) groups is 1. The number of guanidine groups is 1. The van der Waals surface area contributed by atoms with E-state index in [0.29, 0.717) is 36.3 Å². The third-order valence-electron chi connectivity index (χ3n) is 4.22. The van der Waals surface area contributed by atoms with Crippen molar-refractivity contribution in [1.82, 2.24) is 15.5 Å². The van der Waals surface area contributed by atoms with Crippen LogP contribution in [0.5, 0.6) is 11.5 Å². The molecule has 0 atom stereocenters. The van der Waals surface area contributed by atoms with E-state index >= 15 is 0 Å². The predicted octanol–water partition coefficient (Wildman–Crippen LogP) is 2.13. The average molecular weight is 399 g/mol. The maximum Gasteiger partial charge on any atom is 0.191 e. The van der Waals surface area contributed by atoms with Crippen molar-refractivity contribution >= 4 is 17.6 Å². The molecule has 0 aromatic heterocycles. The molecule has 0 bridgehead atoms. The Morgan fingerprint density at radius 2 is 2.07 bits per heavy atom. The lowest BCUT2D eigenvalue weighted by atomic mass is 10.2. The van der Waals surface area contributed by atoms with Crippen LogP contribution >= 0.6 is 11.6 Å². The van der Waals surface area contributed by atoms with E-state index in [0.717, 1.165) is 50.6 Å². The molecule has 1 aliphatic heterocycles. The molecule has 27 heavy (non-hydrogen) atoms. The Balaban J connectivity index is 1.79. The van der Waals surface area contributed by atoms with Crippen LogP contribution in [0.2, 0.25) is 5.02 Å². The van der Waals surface area contributed by atoms with Crippen LogP contribution in [0.1, 0.15) is 18.4 Å². The van der Waals surface area contributed by atoms with Gasteiger partial charge in [0.1, 0.15) is 0 Å². The summed E-state index contributed by atoms with van der Waals surface area (Å²) in [6.45, 7) is 5.41. The van der Waals surface area contributed by atoms with Crippen molar-refractivity contribution in [2.45, 2.75) is 19.4 Å². The first-order valence-corrected chi connectivity index (χ1v) is 9.72. The molecule has 0 spiro atoms. The number of nitrogens with one attached hydrogen (secondary N) is 2. The number of methoxy groups -OCH3 is 1. The van der Waals surface area contributed by atoms with Crippen LogP contribution in [0.25, 0.3) is 0 Å². The first-order valence-electron chi connectivity index (χ1n) is 9.34. The number of ether oxygens (including phenoxy) is 3. The van der Waals surface area contributed by atoms with Gasteiger partial charge in [0, 0.05) is 53.4 Å². The molecule has 8 heteroatoms. The number of halogens is 1. The molecular formula is C19H31ClN4O3. The summed E-state index contributed by atoms with van der Waals surface area (Å²) in [5.74, 6) is 2.10. The van der Waals surface area contributed by atoms with Crippen molar-refractivity contribution in [1.29, 1.82) is 0 Å². The molecule has 0 unspecified atom stereocenters. The Bertz CT molecular complexity index is 613. The zero-order valence-electron chi connectivity index (χ0n) is 16.5. The van der Waals surface area contributed by atoms with Crippen molar-refractivity contribution in [3.8, 4) is 11.5 Å². The Morgan fingerprint density at radius 3 is 2.85 bits per heavy atom. The lowest BCUT2D eigenvalue weighted by Crippen LogP contribution is -2.40. The molecular weight excluding hydrogens is 368 g/mol. The molecule has 1 aromatic rings. The third-order valence-corrected chi connectivity index (χ3v) is 4.50. The van der Waals surface area contributed by atoms with Crippen molar-refractivity contribution < 1.29 is 14.2 Å². The maximum atomic E-state index is 6.35. The average Bonchev–Trinajstić information content (AvgIpc) is 2.90. The second-order valence-electron chi connectivity index (χ2n) is 6.46. The fourth-order valence-corrected chi connectivity index (χ4v) is 3.04. The van der Waals surface area contributed by atoms with Crippen molar-refractivity contribution in [2.75, 3.05) is 60.7 Å². The van der Waals surface area contributed by atoms with Crippen LogP contribution in [0, 0.1) is 0 Å². The normalized spacial score (nSPS) is 14.2. The van der Waals surface area contributed by atoms with E-state index < -0.39 is 0 Å². The number of hydrogen-bond acceptors (Lipinski definition) is 5. The van der Waals surface area contributed by atoms with Crippen LogP contribution in [-0.4, -0.2) is 71.5 Å². The van der Waals surface area contributed by atoms with Crippen LogP contribution in [0.3, 0.4) is 0 Å². The monoisotopic (exact) mass is 398 g/mol. The SMILES string of the molecule is CN=C(NCCN(C)CCCOC)NCc1cc(Cl)c2c(c1)OCCCO2. The highest BCUT2D eigenvalue weighted by molar-refractivity contribution is 6.32. The minimum Gasteiger partial charge on any atom is -0.489 e. The fourth-order valence-electron chi connectivity index (χ4n) is 2.75. The second-order valence-corrected chi connectivity index (χ2v) is 6.86. The molecule has 0 saturated heterocycles. The van der Waals surface area contributed by atoms with E-state index in [9.17, 15) is 0 Å². The van der Waals surface area contributed by atoms with Gasteiger partial charge < -0.3 is 29.7 Å². The molecule has 0 amide bonds. The van der Waals surface area contributed by atoms with Gasteiger partial charge in [-0.2, -0.15) is 0 Å². The maximum absolute atomic E-state index is 6.35. The first kappa shape index (κ1) is 21.6. The van der Waals surface area contributed by atoms with Gasteiger partial charge >= 0.3 is 0 Å². The summed E-state index contributed by atoms with van der Waals surface area (Å²) in [6, 6.07) is 3.87. The fraction of sp³-hybridized carbons (Fsp3) is 0.632. The summed E-state index contributed by atoms with van der Waals surface area (Å²) in [6.07, 6.45) is 1.89. The zero-order chi connectivity index (χ0) is 19.5. The summed E-state index contributed by atoms with van der Waals surface area (Å²) in [5.41, 5.74) is 1.02. The van der Waals surface area contributed by atoms with Gasteiger partial charge in [0.2, 0.25) is 0 Å². The molecule has 7 nitrogen and oxygen atoms in total. The minimum absolute atomic E-state index is 0.576. The summed E-state index contributed by atoms with van der Waals surface area (Å²) in [4.78, 5) is 6.53. The van der Waals surface area contributed by atoms with Crippen LogP contribution in [0.4, 0.5) is 0 Å². The highest BCUT2D eigenvalue weighted by Crippen LogP contribution is 2.37. The van der Waals surface area contributed by atoms with Gasteiger partial charge in [-0.3, -0.25) is 4.99 Å². The highest BCUT2D eigenvalue weighted by atomic mass is 35.5. The zero-order valence-corrected chi connectivity index (χ0v) is 17.3. The van der Waals surface area contributed by atoms with Crippen LogP contribution in [0.15, 0.2) is 17.1 Å². The van der Waals surface area contributed by atoms with Crippen LogP contribution < -0.4 is 20.1 Å². The predicted molar refractivity (Wildman–Crippen MR) is 109 cm³/mol. The molecule has 2 N–H and O–H groups in total. The number of hydrogen-bond donors (Lipinski definition) is 2. The summed E-state index contributed by atoms with van der Waals surface area (Å²) < 4.78 is 16.5. The molecule has 2 rings (SSSR count). The second kappa shape index (κ2) is 11.9. The number of likely N-dealkylation sites (N-methyl/N-ethyl adjacent to an activating group) is 1. The molecule has 1 heterocycles. The van der Waals surface area contributed by atoms with Gasteiger partial charge in [-0.15, -0.1) is 0 Å². The number of nitrogens with zero attached hydrogens (tertiary/aromatic N) is 2. The Hall–Kier alpha value is -1.70. The van der Waals surface area contributed by atoms with E-state index in [1.165, 1.54) is 0 Å². The minimum atomic E-state index is 0.576. The lowest BCUT2D eigenvalue weighted by molar-refractivity contribution is 0.180. The van der Waals surface area contributed by atoms with Gasteiger partial charge in [0.15, 0.2) is 17.5 Å². The summed E-state index contributed by atoms with van der Waals surface area (Å²) >= 11 is 6.35. The summed E-state index contributed by atoms with van der Waals surface area (Å²) in [7, 11) is 5.60. The highest BCUT2D eigenvalue weighted by Gasteiger charge is 2.15. The Labute approximate surface area is 167 Å². The standard InChI is InChI=1S/C19H31ClN4O3/c1-21-19(22-6-8-24(2)7-4-9-25-3)23-14-15-12-16(20)18-17(13-15)26-10-5-11-27-18/h12-13H,4-11,14H2,1-3H3,(H2,21,22,23). The quantitative estimate of drug-likeness (QED) is 0.377. The molecule has 152 valence electrons. The first-order chi connectivity index (χ1) is 13.1. The largest absolute Gasteiger partial charge is 0.489 e. The lowest BCUT2D eigenvalue weighted by Gasteiger charge is -2.18. The van der Waals surface area contributed by atoms with E-state index in [1.54, 1.807) is 14.2 Å². The Kier molecular flexibility index (Phi) is 9.52. The molecule has 0 fully saturated rings. The molecule has 0 saturated carbocycles. The molecule has 1 aliphatic rings. The van der Waals surface area contributed by atoms with Gasteiger partial charge in [-0.05, 0) is 31.2 Å². The number of benzene rings is 1. The third kappa shape index (κ3) is 7.44. The summed E-state index contributed by atoms with van der Waals surface area (Å²) in [5, 5.41) is 7.21. The van der Waals surface area contributed by atoms with Crippen molar-refractivity contribution in [3.63, 3.8) is 0 Å². The Morgan fingerprint density at radius 1 is 1.26 bits per heavy atom. The van der Waals surface area contributed by atoms with Crippen LogP contribution in [-0.2, 0) is 11.3 Å². The van der Waals surface area contributed by atoms with Crippen molar-refractivity contribution in [2.24, 2.45) is 4.99 Å². The van der Waals surface area contributed by atoms with Gasteiger partial charge in [0.05, 0.1) is 18.2 Å². The number of fused-ring (bicyclic) bond motifs is 1. The van der Waals surface area contributed by atoms with Gasteiger partial charge in [-0.1, -0.05) is 11.6 Å². The topological polar surface area (TPSA) is 67.4 Å². The molecule has 1 aromatic carbocycles.